The van der Waals surface area contributed by atoms with Gasteiger partial charge >= 0.3 is 0 Å². The molecule has 0 bridgehead atoms. The lowest BCUT2D eigenvalue weighted by Crippen LogP contribution is -2.12. The quantitative estimate of drug-likeness (QED) is 0.511. The van der Waals surface area contributed by atoms with E-state index in [0.717, 1.165) is 11.8 Å². The summed E-state index contributed by atoms with van der Waals surface area (Å²) in [5, 5.41) is 0. The van der Waals surface area contributed by atoms with Gasteiger partial charge < -0.3 is 0 Å². The number of rotatable bonds is 6. The molecular formula is C17H36. The van der Waals surface area contributed by atoms with Crippen LogP contribution in [0.4, 0.5) is 0 Å². The minimum Gasteiger partial charge on any atom is -0.0625 e. The minimum atomic E-state index is 0.503. The largest absolute Gasteiger partial charge is 0.0625 e. The Balaban J connectivity index is 3.77. The number of hydrogen-bond acceptors (Lipinski definition) is 0. The molecule has 2 unspecified atom stereocenters. The molecule has 0 saturated heterocycles. The van der Waals surface area contributed by atoms with Crippen LogP contribution in [0, 0.1) is 22.7 Å². The Hall–Kier alpha value is 0. The average Bonchev–Trinajstić information content (AvgIpc) is 2.09. The van der Waals surface area contributed by atoms with Crippen LogP contribution >= 0.6 is 0 Å². The molecule has 0 fully saturated rings. The molecule has 0 spiro atoms. The fourth-order valence-corrected chi connectivity index (χ4v) is 2.28. The summed E-state index contributed by atoms with van der Waals surface area (Å²) < 4.78 is 0. The van der Waals surface area contributed by atoms with Crippen LogP contribution in [0.25, 0.3) is 0 Å². The molecular weight excluding hydrogens is 204 g/mol. The summed E-state index contributed by atoms with van der Waals surface area (Å²) in [6.45, 7) is 19.0. The molecule has 0 heteroatoms. The predicted octanol–water partition coefficient (Wildman–Crippen LogP) is 6.30. The highest BCUT2D eigenvalue weighted by Gasteiger charge is 2.16. The molecule has 0 radical (unpaired) electrons. The van der Waals surface area contributed by atoms with E-state index in [1.165, 1.54) is 32.1 Å². The van der Waals surface area contributed by atoms with E-state index in [0.29, 0.717) is 10.8 Å². The molecule has 0 nitrogen and oxygen atoms in total. The van der Waals surface area contributed by atoms with E-state index in [1.807, 2.05) is 0 Å². The standard InChI is InChI=1S/C17H36/c1-14(9-11-16(3,4)5)13-15(2)10-12-17(6,7)8/h14-15H,9-13H2,1-8H3. The highest BCUT2D eigenvalue weighted by Crippen LogP contribution is 2.29. The Bertz CT molecular complexity index is 167. The fourth-order valence-electron chi connectivity index (χ4n) is 2.28. The molecule has 2 atom stereocenters. The average molecular weight is 240 g/mol. The Labute approximate surface area is 111 Å². The maximum atomic E-state index is 2.43. The van der Waals surface area contributed by atoms with E-state index < -0.39 is 0 Å². The van der Waals surface area contributed by atoms with Crippen LogP contribution in [0.15, 0.2) is 0 Å². The van der Waals surface area contributed by atoms with Gasteiger partial charge in [-0.3, -0.25) is 0 Å². The van der Waals surface area contributed by atoms with Crippen molar-refractivity contribution in [1.29, 1.82) is 0 Å². The van der Waals surface area contributed by atoms with E-state index in [2.05, 4.69) is 55.4 Å². The molecule has 0 amide bonds. The van der Waals surface area contributed by atoms with Crippen LogP contribution in [-0.2, 0) is 0 Å². The van der Waals surface area contributed by atoms with Crippen molar-refractivity contribution in [3.63, 3.8) is 0 Å². The zero-order valence-electron chi connectivity index (χ0n) is 13.7. The van der Waals surface area contributed by atoms with Crippen molar-refractivity contribution in [3.05, 3.63) is 0 Å². The first-order valence-corrected chi connectivity index (χ1v) is 7.49. The van der Waals surface area contributed by atoms with Gasteiger partial charge in [0.15, 0.2) is 0 Å². The second-order valence-electron chi connectivity index (χ2n) is 8.64. The second kappa shape index (κ2) is 6.81. The van der Waals surface area contributed by atoms with Crippen LogP contribution in [0.5, 0.6) is 0 Å². The molecule has 0 saturated carbocycles. The summed E-state index contributed by atoms with van der Waals surface area (Å²) in [6, 6.07) is 0. The lowest BCUT2D eigenvalue weighted by atomic mass is 9.81. The summed E-state index contributed by atoms with van der Waals surface area (Å²) in [5.41, 5.74) is 1.01. The summed E-state index contributed by atoms with van der Waals surface area (Å²) >= 11 is 0. The maximum absolute atomic E-state index is 2.43. The van der Waals surface area contributed by atoms with Crippen LogP contribution in [-0.4, -0.2) is 0 Å². The second-order valence-corrected chi connectivity index (χ2v) is 8.64. The lowest BCUT2D eigenvalue weighted by Gasteiger charge is -2.25. The van der Waals surface area contributed by atoms with Crippen LogP contribution in [0.1, 0.15) is 87.5 Å². The molecule has 0 aliphatic heterocycles. The Kier molecular flexibility index (Phi) is 6.81. The van der Waals surface area contributed by atoms with Gasteiger partial charge in [-0.25, -0.2) is 0 Å². The SMILES string of the molecule is CC(CCC(C)(C)C)CC(C)CCC(C)(C)C. The summed E-state index contributed by atoms with van der Waals surface area (Å²) in [5.74, 6) is 1.79. The van der Waals surface area contributed by atoms with Crippen molar-refractivity contribution in [3.8, 4) is 0 Å². The Morgan fingerprint density at radius 3 is 1.18 bits per heavy atom. The van der Waals surface area contributed by atoms with Gasteiger partial charge in [-0.15, -0.1) is 0 Å². The third-order valence-corrected chi connectivity index (χ3v) is 3.58. The van der Waals surface area contributed by atoms with E-state index in [4.69, 9.17) is 0 Å². The van der Waals surface area contributed by atoms with E-state index in [1.54, 1.807) is 0 Å². The molecule has 17 heavy (non-hydrogen) atoms. The zero-order chi connectivity index (χ0) is 13.7. The van der Waals surface area contributed by atoms with Gasteiger partial charge in [0.05, 0.1) is 0 Å². The molecule has 0 heterocycles. The molecule has 0 rings (SSSR count). The highest BCUT2D eigenvalue weighted by molar-refractivity contribution is 4.68. The third kappa shape index (κ3) is 12.2. The summed E-state index contributed by atoms with van der Waals surface area (Å²) in [4.78, 5) is 0. The molecule has 0 N–H and O–H groups in total. The molecule has 0 aromatic heterocycles. The highest BCUT2D eigenvalue weighted by atomic mass is 14.2. The van der Waals surface area contributed by atoms with Crippen molar-refractivity contribution in [1.82, 2.24) is 0 Å². The van der Waals surface area contributed by atoms with Gasteiger partial charge in [0.1, 0.15) is 0 Å². The van der Waals surface area contributed by atoms with Crippen molar-refractivity contribution in [2.24, 2.45) is 22.7 Å². The summed E-state index contributed by atoms with van der Waals surface area (Å²) in [6.07, 6.45) is 6.92. The lowest BCUT2D eigenvalue weighted by molar-refractivity contribution is 0.275. The van der Waals surface area contributed by atoms with E-state index >= 15 is 0 Å². The van der Waals surface area contributed by atoms with Gasteiger partial charge in [-0.05, 0) is 41.9 Å². The molecule has 0 aromatic rings. The zero-order valence-corrected chi connectivity index (χ0v) is 13.7. The van der Waals surface area contributed by atoms with Gasteiger partial charge in [0.25, 0.3) is 0 Å². The van der Waals surface area contributed by atoms with Crippen LogP contribution < -0.4 is 0 Å². The first-order valence-electron chi connectivity index (χ1n) is 7.49. The van der Waals surface area contributed by atoms with Crippen molar-refractivity contribution >= 4 is 0 Å². The first-order chi connectivity index (χ1) is 7.49. The van der Waals surface area contributed by atoms with Crippen molar-refractivity contribution < 1.29 is 0 Å². The first kappa shape index (κ1) is 17.0. The molecule has 0 aliphatic carbocycles. The monoisotopic (exact) mass is 240 g/mol. The van der Waals surface area contributed by atoms with Gasteiger partial charge in [0.2, 0.25) is 0 Å². The Morgan fingerprint density at radius 2 is 0.941 bits per heavy atom. The van der Waals surface area contributed by atoms with Crippen LogP contribution in [0.2, 0.25) is 0 Å². The predicted molar refractivity (Wildman–Crippen MR) is 80.3 cm³/mol. The maximum Gasteiger partial charge on any atom is -0.0383 e. The van der Waals surface area contributed by atoms with Crippen LogP contribution in [0.3, 0.4) is 0 Å². The van der Waals surface area contributed by atoms with Crippen molar-refractivity contribution in [2.45, 2.75) is 87.5 Å². The van der Waals surface area contributed by atoms with E-state index in [-0.39, 0.29) is 0 Å². The Morgan fingerprint density at radius 1 is 0.647 bits per heavy atom. The van der Waals surface area contributed by atoms with Gasteiger partial charge in [0, 0.05) is 0 Å². The molecule has 0 aromatic carbocycles. The summed E-state index contributed by atoms with van der Waals surface area (Å²) in [7, 11) is 0. The normalized spacial score (nSPS) is 16.9. The van der Waals surface area contributed by atoms with Crippen molar-refractivity contribution in [2.75, 3.05) is 0 Å². The minimum absolute atomic E-state index is 0.503. The van der Waals surface area contributed by atoms with Gasteiger partial charge in [-0.1, -0.05) is 68.2 Å². The van der Waals surface area contributed by atoms with E-state index in [9.17, 15) is 0 Å². The molecule has 104 valence electrons. The third-order valence-electron chi connectivity index (χ3n) is 3.58. The fraction of sp³-hybridized carbons (Fsp3) is 1.00. The number of hydrogen-bond donors (Lipinski definition) is 0. The smallest absolute Gasteiger partial charge is 0.0383 e. The topological polar surface area (TPSA) is 0 Å². The molecule has 0 aliphatic rings. The van der Waals surface area contributed by atoms with Gasteiger partial charge in [-0.2, -0.15) is 0 Å².